The fraction of sp³-hybridized carbons (Fsp3) is 0.400. The Morgan fingerprint density at radius 2 is 1.65 bits per heavy atom. The SMILES string of the molecule is CC/C=C/CC1CCC(c2ccc(C(F)(F)Oc3cc(F)c(C#N)c(F)c3)cc2)CC1. The molecule has 1 saturated carbocycles. The summed E-state index contributed by atoms with van der Waals surface area (Å²) in [5.41, 5.74) is -0.228. The summed E-state index contributed by atoms with van der Waals surface area (Å²) in [4.78, 5) is 0. The quantitative estimate of drug-likeness (QED) is 0.334. The van der Waals surface area contributed by atoms with Gasteiger partial charge in [0.25, 0.3) is 0 Å². The summed E-state index contributed by atoms with van der Waals surface area (Å²) >= 11 is 0. The van der Waals surface area contributed by atoms with Gasteiger partial charge in [0, 0.05) is 12.1 Å². The van der Waals surface area contributed by atoms with E-state index in [2.05, 4.69) is 23.8 Å². The normalized spacial score (nSPS) is 19.4. The molecule has 164 valence electrons. The molecule has 1 aliphatic carbocycles. The lowest BCUT2D eigenvalue weighted by atomic mass is 9.77. The molecule has 0 spiro atoms. The van der Waals surface area contributed by atoms with E-state index in [-0.39, 0.29) is 0 Å². The molecule has 0 heterocycles. The maximum Gasteiger partial charge on any atom is 0.426 e. The van der Waals surface area contributed by atoms with E-state index in [1.165, 1.54) is 18.2 Å². The van der Waals surface area contributed by atoms with Gasteiger partial charge in [-0.3, -0.25) is 0 Å². The van der Waals surface area contributed by atoms with Crippen LogP contribution in [0.25, 0.3) is 0 Å². The van der Waals surface area contributed by atoms with E-state index in [0.29, 0.717) is 24.0 Å². The van der Waals surface area contributed by atoms with Crippen molar-refractivity contribution >= 4 is 0 Å². The molecule has 0 amide bonds. The minimum absolute atomic E-state index is 0.344. The molecule has 0 aliphatic heterocycles. The Balaban J connectivity index is 1.64. The smallest absolute Gasteiger partial charge is 0.426 e. The maximum atomic E-state index is 14.5. The predicted octanol–water partition coefficient (Wildman–Crippen LogP) is 7.59. The topological polar surface area (TPSA) is 33.0 Å². The lowest BCUT2D eigenvalue weighted by molar-refractivity contribution is -0.185. The van der Waals surface area contributed by atoms with Crippen LogP contribution in [0.5, 0.6) is 5.75 Å². The number of nitriles is 1. The minimum atomic E-state index is -3.77. The van der Waals surface area contributed by atoms with E-state index in [4.69, 9.17) is 5.26 Å². The van der Waals surface area contributed by atoms with E-state index in [1.807, 2.05) is 0 Å². The van der Waals surface area contributed by atoms with Crippen LogP contribution in [0.1, 0.15) is 68.1 Å². The van der Waals surface area contributed by atoms with Gasteiger partial charge >= 0.3 is 6.11 Å². The maximum absolute atomic E-state index is 14.5. The second-order valence-electron chi connectivity index (χ2n) is 7.95. The first-order chi connectivity index (χ1) is 14.8. The molecule has 0 radical (unpaired) electrons. The van der Waals surface area contributed by atoms with Gasteiger partial charge in [-0.15, -0.1) is 0 Å². The van der Waals surface area contributed by atoms with Crippen molar-refractivity contribution in [3.63, 3.8) is 0 Å². The molecule has 2 aromatic rings. The van der Waals surface area contributed by atoms with Gasteiger partial charge in [0.2, 0.25) is 0 Å². The highest BCUT2D eigenvalue weighted by atomic mass is 19.3. The van der Waals surface area contributed by atoms with Crippen molar-refractivity contribution in [3.8, 4) is 11.8 Å². The van der Waals surface area contributed by atoms with Crippen molar-refractivity contribution in [2.45, 2.75) is 57.5 Å². The fourth-order valence-corrected chi connectivity index (χ4v) is 4.06. The summed E-state index contributed by atoms with van der Waals surface area (Å²) < 4.78 is 61.0. The van der Waals surface area contributed by atoms with Gasteiger partial charge < -0.3 is 4.74 Å². The van der Waals surface area contributed by atoms with E-state index in [1.54, 1.807) is 12.1 Å². The van der Waals surface area contributed by atoms with Crippen LogP contribution in [0.15, 0.2) is 48.6 Å². The largest absolute Gasteiger partial charge is 0.429 e. The molecule has 0 atom stereocenters. The molecule has 0 unspecified atom stereocenters. The minimum Gasteiger partial charge on any atom is -0.429 e. The number of halogens is 4. The number of rotatable bonds is 7. The van der Waals surface area contributed by atoms with Crippen molar-refractivity contribution in [1.29, 1.82) is 5.26 Å². The molecule has 0 N–H and O–H groups in total. The first-order valence-electron chi connectivity index (χ1n) is 10.6. The molecule has 2 aromatic carbocycles. The number of ether oxygens (including phenoxy) is 1. The van der Waals surface area contributed by atoms with Gasteiger partial charge in [-0.25, -0.2) is 8.78 Å². The third-order valence-corrected chi connectivity index (χ3v) is 5.81. The molecule has 31 heavy (non-hydrogen) atoms. The number of hydrogen-bond acceptors (Lipinski definition) is 2. The molecule has 2 nitrogen and oxygen atoms in total. The predicted molar refractivity (Wildman–Crippen MR) is 111 cm³/mol. The summed E-state index contributed by atoms with van der Waals surface area (Å²) in [7, 11) is 0. The monoisotopic (exact) mass is 431 g/mol. The van der Waals surface area contributed by atoms with Gasteiger partial charge in [0.15, 0.2) is 0 Å². The van der Waals surface area contributed by atoms with Crippen LogP contribution in [-0.4, -0.2) is 0 Å². The number of hydrogen-bond donors (Lipinski definition) is 0. The Hall–Kier alpha value is -2.81. The molecule has 1 aliphatic rings. The van der Waals surface area contributed by atoms with Crippen molar-refractivity contribution in [3.05, 3.63) is 76.9 Å². The lowest BCUT2D eigenvalue weighted by Crippen LogP contribution is -2.22. The molecule has 3 rings (SSSR count). The Bertz CT molecular complexity index is 931. The van der Waals surface area contributed by atoms with Crippen LogP contribution >= 0.6 is 0 Å². The van der Waals surface area contributed by atoms with Crippen LogP contribution < -0.4 is 4.74 Å². The van der Waals surface area contributed by atoms with Gasteiger partial charge in [-0.05, 0) is 68.1 Å². The van der Waals surface area contributed by atoms with Crippen molar-refractivity contribution in [1.82, 2.24) is 0 Å². The average molecular weight is 431 g/mol. The Morgan fingerprint density at radius 1 is 1.03 bits per heavy atom. The lowest BCUT2D eigenvalue weighted by Gasteiger charge is -2.28. The van der Waals surface area contributed by atoms with Crippen molar-refractivity contribution in [2.24, 2.45) is 5.92 Å². The third-order valence-electron chi connectivity index (χ3n) is 5.81. The molecular weight excluding hydrogens is 406 g/mol. The highest BCUT2D eigenvalue weighted by Gasteiger charge is 2.35. The van der Waals surface area contributed by atoms with Crippen molar-refractivity contribution in [2.75, 3.05) is 0 Å². The standard InChI is InChI=1S/C25H25F4NO/c1-2-3-4-5-17-6-8-18(9-7-17)19-10-12-20(13-11-19)25(28,29)31-21-14-23(26)22(16-30)24(27)15-21/h3-4,10-15,17-18H,2,5-9H2,1H3/b4-3+. The van der Waals surface area contributed by atoms with Crippen molar-refractivity contribution < 1.29 is 22.3 Å². The highest BCUT2D eigenvalue weighted by molar-refractivity contribution is 5.38. The van der Waals surface area contributed by atoms with E-state index in [9.17, 15) is 17.6 Å². The molecule has 0 bridgehead atoms. The van der Waals surface area contributed by atoms with Crippen LogP contribution in [0.2, 0.25) is 0 Å². The molecule has 0 saturated heterocycles. The molecular formula is C25H25F4NO. The van der Waals surface area contributed by atoms with Gasteiger partial charge in [-0.1, -0.05) is 31.2 Å². The molecule has 6 heteroatoms. The summed E-state index contributed by atoms with van der Waals surface area (Å²) in [6.07, 6.45) is 7.10. The van der Waals surface area contributed by atoms with Gasteiger partial charge in [0.1, 0.15) is 29.0 Å². The second kappa shape index (κ2) is 10.00. The van der Waals surface area contributed by atoms with Crippen LogP contribution in [-0.2, 0) is 6.11 Å². The Labute approximate surface area is 180 Å². The zero-order valence-electron chi connectivity index (χ0n) is 17.4. The summed E-state index contributed by atoms with van der Waals surface area (Å²) in [6.45, 7) is 2.12. The van der Waals surface area contributed by atoms with Gasteiger partial charge in [-0.2, -0.15) is 14.0 Å². The Kier molecular flexibility index (Phi) is 7.37. The highest BCUT2D eigenvalue weighted by Crippen LogP contribution is 2.39. The first kappa shape index (κ1) is 22.9. The molecule has 0 aromatic heterocycles. The summed E-state index contributed by atoms with van der Waals surface area (Å²) in [6, 6.07) is 8.44. The average Bonchev–Trinajstić information content (AvgIpc) is 2.74. The number of nitrogens with zero attached hydrogens (tertiary/aromatic N) is 1. The van der Waals surface area contributed by atoms with E-state index in [0.717, 1.165) is 44.1 Å². The van der Waals surface area contributed by atoms with E-state index >= 15 is 0 Å². The first-order valence-corrected chi connectivity index (χ1v) is 10.6. The second-order valence-corrected chi connectivity index (χ2v) is 7.95. The van der Waals surface area contributed by atoms with Crippen LogP contribution in [0.3, 0.4) is 0 Å². The summed E-state index contributed by atoms with van der Waals surface area (Å²) in [5.74, 6) is -2.15. The fourth-order valence-electron chi connectivity index (χ4n) is 4.06. The van der Waals surface area contributed by atoms with Crippen LogP contribution in [0.4, 0.5) is 17.6 Å². The zero-order valence-corrected chi connectivity index (χ0v) is 17.4. The Morgan fingerprint density at radius 3 is 2.19 bits per heavy atom. The third kappa shape index (κ3) is 5.66. The summed E-state index contributed by atoms with van der Waals surface area (Å²) in [5, 5.41) is 8.68. The molecule has 1 fully saturated rings. The number of allylic oxidation sites excluding steroid dienone is 2. The number of benzene rings is 2. The van der Waals surface area contributed by atoms with Gasteiger partial charge in [0.05, 0.1) is 5.56 Å². The zero-order chi connectivity index (χ0) is 22.4. The van der Waals surface area contributed by atoms with E-state index < -0.39 is 34.6 Å². The van der Waals surface area contributed by atoms with Crippen LogP contribution in [0, 0.1) is 28.9 Å². The number of alkyl halides is 2.